The van der Waals surface area contributed by atoms with Crippen LogP contribution in [0.25, 0.3) is 99.2 Å². The van der Waals surface area contributed by atoms with Gasteiger partial charge >= 0.3 is 0 Å². The maximum Gasteiger partial charge on any atom is 0.0489 e. The van der Waals surface area contributed by atoms with Crippen LogP contribution in [0.1, 0.15) is 33.4 Å². The zero-order valence-corrected chi connectivity index (χ0v) is 46.0. The van der Waals surface area contributed by atoms with Crippen molar-refractivity contribution in [2.75, 3.05) is 11.9 Å². The lowest BCUT2D eigenvalue weighted by Gasteiger charge is -2.19. The summed E-state index contributed by atoms with van der Waals surface area (Å²) in [5, 5.41) is 5.29. The Balaban J connectivity index is 0.000000109. The van der Waals surface area contributed by atoms with E-state index >= 15 is 0 Å². The predicted molar refractivity (Wildman–Crippen MR) is 344 cm³/mol. The van der Waals surface area contributed by atoms with Crippen molar-refractivity contribution in [1.82, 2.24) is 9.13 Å². The average molecular weight is 1040 g/mol. The van der Waals surface area contributed by atoms with E-state index in [0.717, 1.165) is 19.3 Å². The van der Waals surface area contributed by atoms with E-state index in [-0.39, 0.29) is 0 Å². The second-order valence-corrected chi connectivity index (χ2v) is 21.8. The number of hydrogen-bond donors (Lipinski definition) is 0. The molecule has 12 aromatic carbocycles. The predicted octanol–water partition coefficient (Wildman–Crippen LogP) is 19.9. The fourth-order valence-electron chi connectivity index (χ4n) is 12.7. The number of aromatic nitrogens is 2. The molecular formula is C78H61N3. The highest BCUT2D eigenvalue weighted by atomic mass is 15.1. The summed E-state index contributed by atoms with van der Waals surface area (Å²) in [6.07, 6.45) is 3.04. The van der Waals surface area contributed by atoms with Gasteiger partial charge in [-0.3, -0.25) is 0 Å². The molecule has 0 saturated heterocycles. The zero-order valence-electron chi connectivity index (χ0n) is 46.0. The van der Waals surface area contributed by atoms with Crippen LogP contribution >= 0.6 is 0 Å². The third kappa shape index (κ3) is 9.37. The molecule has 0 bridgehead atoms. The lowest BCUT2D eigenvalue weighted by Crippen LogP contribution is -2.08. The van der Waals surface area contributed by atoms with Gasteiger partial charge in [0.2, 0.25) is 0 Å². The van der Waals surface area contributed by atoms with Gasteiger partial charge in [0.25, 0.3) is 0 Å². The van der Waals surface area contributed by atoms with Crippen LogP contribution in [0, 0.1) is 0 Å². The Hall–Kier alpha value is -9.96. The first-order chi connectivity index (χ1) is 39.9. The number of hydrogen-bond acceptors (Lipinski definition) is 1. The standard InChI is InChI=1S/C26H19N.2C26H21N/c1-27-25-9-5-4-8-23(25)24-16-18(11-13-26(24)27)17-10-12-22-20(14-17)15-19-6-2-3-7-21(19)22;1-27-25-13-6-5-12-23(25)24-18-22(14-15-26(24)27)21-11-7-10-20(17-21)16-19-8-3-2-4-9-19;1-27(23-8-3-2-4-9-23)24-14-11-19(12-15-24)20-13-16-26-22(17-20)18-21-7-5-6-10-25(21)26/h2-14,16H,15H2,1H3;2-15,17-18H,16H2,1H3;2-17H,18H2,1H3. The Morgan fingerprint density at radius 3 is 1.25 bits per heavy atom. The normalized spacial score (nSPS) is 11.8. The van der Waals surface area contributed by atoms with Crippen LogP contribution in [0.2, 0.25) is 0 Å². The number of aryl methyl sites for hydroxylation is 2. The van der Waals surface area contributed by atoms with E-state index in [4.69, 9.17) is 0 Å². The minimum atomic E-state index is 0.963. The minimum Gasteiger partial charge on any atom is -0.345 e. The lowest BCUT2D eigenvalue weighted by atomic mass is 9.98. The molecule has 16 rings (SSSR count). The van der Waals surface area contributed by atoms with Crippen molar-refractivity contribution in [2.24, 2.45) is 14.1 Å². The maximum absolute atomic E-state index is 2.38. The molecule has 388 valence electrons. The number of anilines is 2. The van der Waals surface area contributed by atoms with Crippen molar-refractivity contribution in [2.45, 2.75) is 19.3 Å². The highest BCUT2D eigenvalue weighted by Gasteiger charge is 2.20. The van der Waals surface area contributed by atoms with Crippen molar-refractivity contribution in [3.63, 3.8) is 0 Å². The van der Waals surface area contributed by atoms with Crippen molar-refractivity contribution >= 4 is 55.0 Å². The van der Waals surface area contributed by atoms with Crippen LogP contribution in [0.3, 0.4) is 0 Å². The largest absolute Gasteiger partial charge is 0.345 e. The van der Waals surface area contributed by atoms with E-state index < -0.39 is 0 Å². The highest BCUT2D eigenvalue weighted by molar-refractivity contribution is 6.10. The smallest absolute Gasteiger partial charge is 0.0489 e. The Kier molecular flexibility index (Phi) is 12.8. The lowest BCUT2D eigenvalue weighted by molar-refractivity contribution is 1.01. The quantitative estimate of drug-likeness (QED) is 0.155. The average Bonchev–Trinajstić information content (AvgIpc) is 4.34. The molecule has 3 heteroatoms. The number of fused-ring (bicyclic) bond motifs is 12. The topological polar surface area (TPSA) is 13.1 Å². The third-order valence-corrected chi connectivity index (χ3v) is 17.0. The van der Waals surface area contributed by atoms with Crippen LogP contribution in [0.5, 0.6) is 0 Å². The molecule has 81 heavy (non-hydrogen) atoms. The van der Waals surface area contributed by atoms with E-state index in [1.807, 2.05) is 6.07 Å². The van der Waals surface area contributed by atoms with E-state index in [1.54, 1.807) is 0 Å². The van der Waals surface area contributed by atoms with Gasteiger partial charge in [-0.05, 0) is 169 Å². The summed E-state index contributed by atoms with van der Waals surface area (Å²) < 4.78 is 4.56. The molecule has 0 unspecified atom stereocenters. The summed E-state index contributed by atoms with van der Waals surface area (Å²) in [4.78, 5) is 2.21. The molecule has 0 amide bonds. The summed E-state index contributed by atoms with van der Waals surface area (Å²) in [5.74, 6) is 0. The van der Waals surface area contributed by atoms with Gasteiger partial charge < -0.3 is 14.0 Å². The number of benzene rings is 12. The number of para-hydroxylation sites is 3. The van der Waals surface area contributed by atoms with Crippen LogP contribution in [0.15, 0.2) is 279 Å². The van der Waals surface area contributed by atoms with E-state index in [1.165, 1.54) is 144 Å². The Morgan fingerprint density at radius 2 is 0.679 bits per heavy atom. The molecule has 2 aliphatic rings. The summed E-state index contributed by atoms with van der Waals surface area (Å²) in [5.41, 5.74) is 29.2. The highest BCUT2D eigenvalue weighted by Crippen LogP contribution is 2.41. The first kappa shape index (κ1) is 49.3. The number of rotatable bonds is 7. The Labute approximate surface area is 474 Å². The molecule has 0 saturated carbocycles. The maximum atomic E-state index is 2.38. The molecule has 14 aromatic rings. The monoisotopic (exact) mass is 1040 g/mol. The van der Waals surface area contributed by atoms with Crippen molar-refractivity contribution in [1.29, 1.82) is 0 Å². The first-order valence-electron chi connectivity index (χ1n) is 28.3. The van der Waals surface area contributed by atoms with Gasteiger partial charge in [0.05, 0.1) is 0 Å². The van der Waals surface area contributed by atoms with Gasteiger partial charge in [0.1, 0.15) is 0 Å². The molecule has 0 radical (unpaired) electrons. The van der Waals surface area contributed by atoms with Gasteiger partial charge in [-0.2, -0.15) is 0 Å². The van der Waals surface area contributed by atoms with Crippen LogP contribution < -0.4 is 4.90 Å². The summed E-state index contributed by atoms with van der Waals surface area (Å²) in [6.45, 7) is 0. The van der Waals surface area contributed by atoms with Crippen molar-refractivity contribution in [3.8, 4) is 55.6 Å². The molecule has 2 aliphatic carbocycles. The van der Waals surface area contributed by atoms with Gasteiger partial charge in [0.15, 0.2) is 0 Å². The van der Waals surface area contributed by atoms with Crippen LogP contribution in [-0.4, -0.2) is 16.2 Å². The Morgan fingerprint density at radius 1 is 0.284 bits per heavy atom. The molecule has 2 heterocycles. The van der Waals surface area contributed by atoms with Crippen molar-refractivity contribution < 1.29 is 0 Å². The fraction of sp³-hybridized carbons (Fsp3) is 0.0769. The second-order valence-electron chi connectivity index (χ2n) is 21.8. The molecule has 0 aliphatic heterocycles. The second kappa shape index (κ2) is 21.0. The fourth-order valence-corrected chi connectivity index (χ4v) is 12.7. The van der Waals surface area contributed by atoms with Crippen LogP contribution in [0.4, 0.5) is 11.4 Å². The van der Waals surface area contributed by atoms with E-state index in [9.17, 15) is 0 Å². The van der Waals surface area contributed by atoms with E-state index in [0.29, 0.717) is 0 Å². The Bertz CT molecular complexity index is 4640. The van der Waals surface area contributed by atoms with Crippen molar-refractivity contribution in [3.05, 3.63) is 312 Å². The van der Waals surface area contributed by atoms with Gasteiger partial charge in [-0.15, -0.1) is 0 Å². The SMILES string of the molecule is CN(c1ccccc1)c1ccc(-c2ccc3c(c2)Cc2ccccc2-3)cc1.Cn1c2ccccc2c2cc(-c3ccc4c(c3)Cc3ccccc3-4)ccc21.Cn1c2ccccc2c2cc(-c3cccc(Cc4ccccc4)c3)ccc21. The zero-order chi connectivity index (χ0) is 54.4. The molecule has 0 fully saturated rings. The summed E-state index contributed by atoms with van der Waals surface area (Å²) in [7, 11) is 6.40. The van der Waals surface area contributed by atoms with Gasteiger partial charge in [0, 0.05) is 76.1 Å². The molecule has 0 N–H and O–H groups in total. The first-order valence-corrected chi connectivity index (χ1v) is 28.3. The molecular weight excluding hydrogens is 979 g/mol. The summed E-state index contributed by atoms with van der Waals surface area (Å²) >= 11 is 0. The van der Waals surface area contributed by atoms with Gasteiger partial charge in [-0.1, -0.05) is 218 Å². The van der Waals surface area contributed by atoms with E-state index in [2.05, 4.69) is 308 Å². The molecule has 0 atom stereocenters. The summed E-state index contributed by atoms with van der Waals surface area (Å²) in [6, 6.07) is 101. The number of nitrogens with zero attached hydrogens (tertiary/aromatic N) is 3. The molecule has 0 spiro atoms. The van der Waals surface area contributed by atoms with Gasteiger partial charge in [-0.25, -0.2) is 0 Å². The van der Waals surface area contributed by atoms with Crippen LogP contribution in [-0.2, 0) is 33.4 Å². The molecule has 2 aromatic heterocycles. The third-order valence-electron chi connectivity index (χ3n) is 17.0. The minimum absolute atomic E-state index is 0.963. The molecule has 3 nitrogen and oxygen atoms in total.